The lowest BCUT2D eigenvalue weighted by Gasteiger charge is -2.25. The Bertz CT molecular complexity index is 537. The Labute approximate surface area is 111 Å². The number of hydrogen-bond acceptors (Lipinski definition) is 4. The van der Waals surface area contributed by atoms with Gasteiger partial charge in [0.05, 0.1) is 6.54 Å². The number of thioether (sulfide) groups is 1. The topological polar surface area (TPSA) is 42.7 Å². The Morgan fingerprint density at radius 1 is 1.44 bits per heavy atom. The van der Waals surface area contributed by atoms with Crippen molar-refractivity contribution in [3.8, 4) is 0 Å². The standard InChI is InChI=1S/C13H16N4S/c1-17-13(15-9-16-17)8-14-11-6-7-18-12-5-3-2-4-10(11)12/h2-5,9,11,14H,6-8H2,1H3. The fourth-order valence-electron chi connectivity index (χ4n) is 2.25. The van der Waals surface area contributed by atoms with Crippen LogP contribution >= 0.6 is 11.8 Å². The van der Waals surface area contributed by atoms with Gasteiger partial charge in [-0.05, 0) is 23.8 Å². The highest BCUT2D eigenvalue weighted by Crippen LogP contribution is 2.35. The molecule has 0 bridgehead atoms. The van der Waals surface area contributed by atoms with E-state index in [1.807, 2.05) is 23.5 Å². The molecule has 0 spiro atoms. The first-order valence-corrected chi connectivity index (χ1v) is 7.11. The van der Waals surface area contributed by atoms with Gasteiger partial charge in [-0.3, -0.25) is 4.68 Å². The number of hydrogen-bond donors (Lipinski definition) is 1. The van der Waals surface area contributed by atoms with E-state index in [2.05, 4.69) is 39.7 Å². The van der Waals surface area contributed by atoms with Crippen molar-refractivity contribution >= 4 is 11.8 Å². The molecule has 0 amide bonds. The molecule has 1 atom stereocenters. The van der Waals surface area contributed by atoms with Crippen LogP contribution in [-0.4, -0.2) is 20.5 Å². The average molecular weight is 260 g/mol. The molecule has 0 saturated heterocycles. The molecule has 1 aromatic heterocycles. The maximum absolute atomic E-state index is 4.24. The summed E-state index contributed by atoms with van der Waals surface area (Å²) in [5.74, 6) is 2.15. The molecule has 2 aromatic rings. The van der Waals surface area contributed by atoms with Crippen molar-refractivity contribution in [2.45, 2.75) is 23.9 Å². The van der Waals surface area contributed by atoms with E-state index in [0.29, 0.717) is 6.04 Å². The van der Waals surface area contributed by atoms with Crippen LogP contribution in [0.25, 0.3) is 0 Å². The highest BCUT2D eigenvalue weighted by Gasteiger charge is 2.19. The highest BCUT2D eigenvalue weighted by molar-refractivity contribution is 7.99. The summed E-state index contributed by atoms with van der Waals surface area (Å²) in [6, 6.07) is 9.07. The first-order chi connectivity index (χ1) is 8.84. The van der Waals surface area contributed by atoms with Gasteiger partial charge < -0.3 is 5.32 Å². The molecule has 0 radical (unpaired) electrons. The molecule has 0 fully saturated rings. The van der Waals surface area contributed by atoms with Crippen LogP contribution < -0.4 is 5.32 Å². The number of benzene rings is 1. The smallest absolute Gasteiger partial charge is 0.140 e. The van der Waals surface area contributed by atoms with Crippen LogP contribution in [0, 0.1) is 0 Å². The van der Waals surface area contributed by atoms with E-state index in [9.17, 15) is 0 Å². The summed E-state index contributed by atoms with van der Waals surface area (Å²) < 4.78 is 1.82. The van der Waals surface area contributed by atoms with Gasteiger partial charge in [0.15, 0.2) is 0 Å². The van der Waals surface area contributed by atoms with Crippen LogP contribution in [0.15, 0.2) is 35.5 Å². The van der Waals surface area contributed by atoms with E-state index in [-0.39, 0.29) is 0 Å². The molecule has 0 saturated carbocycles. The highest BCUT2D eigenvalue weighted by atomic mass is 32.2. The SMILES string of the molecule is Cn1ncnc1CNC1CCSc2ccccc21. The number of nitrogens with zero attached hydrogens (tertiary/aromatic N) is 3. The van der Waals surface area contributed by atoms with E-state index in [1.165, 1.54) is 22.6 Å². The maximum atomic E-state index is 4.24. The molecule has 2 heterocycles. The van der Waals surface area contributed by atoms with Crippen molar-refractivity contribution in [1.82, 2.24) is 20.1 Å². The van der Waals surface area contributed by atoms with Gasteiger partial charge in [0, 0.05) is 18.0 Å². The number of nitrogens with one attached hydrogen (secondary N) is 1. The molecule has 1 aliphatic heterocycles. The second-order valence-corrected chi connectivity index (χ2v) is 5.55. The van der Waals surface area contributed by atoms with Crippen LogP contribution in [-0.2, 0) is 13.6 Å². The zero-order valence-electron chi connectivity index (χ0n) is 10.3. The number of rotatable bonds is 3. The number of fused-ring (bicyclic) bond motifs is 1. The summed E-state index contributed by atoms with van der Waals surface area (Å²) in [6.07, 6.45) is 2.77. The fourth-order valence-corrected chi connectivity index (χ4v) is 3.37. The number of aryl methyl sites for hydroxylation is 1. The monoisotopic (exact) mass is 260 g/mol. The number of aromatic nitrogens is 3. The van der Waals surface area contributed by atoms with Gasteiger partial charge in [-0.2, -0.15) is 5.10 Å². The lowest BCUT2D eigenvalue weighted by atomic mass is 10.0. The van der Waals surface area contributed by atoms with E-state index in [1.54, 1.807) is 6.33 Å². The van der Waals surface area contributed by atoms with Gasteiger partial charge in [-0.15, -0.1) is 11.8 Å². The van der Waals surface area contributed by atoms with Gasteiger partial charge in [-0.1, -0.05) is 18.2 Å². The first-order valence-electron chi connectivity index (χ1n) is 6.12. The first kappa shape index (κ1) is 11.7. The zero-order valence-corrected chi connectivity index (χ0v) is 11.2. The molecule has 3 rings (SSSR count). The van der Waals surface area contributed by atoms with E-state index < -0.39 is 0 Å². The van der Waals surface area contributed by atoms with Crippen molar-refractivity contribution < 1.29 is 0 Å². The van der Waals surface area contributed by atoms with Gasteiger partial charge in [0.2, 0.25) is 0 Å². The Kier molecular flexibility index (Phi) is 3.34. The van der Waals surface area contributed by atoms with Gasteiger partial charge in [0.1, 0.15) is 12.2 Å². The van der Waals surface area contributed by atoms with Crippen LogP contribution in [0.5, 0.6) is 0 Å². The predicted octanol–water partition coefficient (Wildman–Crippen LogP) is 2.14. The third-order valence-corrected chi connectivity index (χ3v) is 4.39. The van der Waals surface area contributed by atoms with Crippen molar-refractivity contribution in [2.24, 2.45) is 7.05 Å². The lowest BCUT2D eigenvalue weighted by Crippen LogP contribution is -2.25. The minimum absolute atomic E-state index is 0.430. The van der Waals surface area contributed by atoms with Crippen molar-refractivity contribution in [1.29, 1.82) is 0 Å². The molecule has 0 aliphatic carbocycles. The van der Waals surface area contributed by atoms with Crippen LogP contribution in [0.4, 0.5) is 0 Å². The summed E-state index contributed by atoms with van der Waals surface area (Å²) in [5.41, 5.74) is 1.41. The fraction of sp³-hybridized carbons (Fsp3) is 0.385. The summed E-state index contributed by atoms with van der Waals surface area (Å²) in [5, 5.41) is 7.67. The molecule has 94 valence electrons. The second kappa shape index (κ2) is 5.12. The summed E-state index contributed by atoms with van der Waals surface area (Å²) in [4.78, 5) is 5.64. The van der Waals surface area contributed by atoms with Crippen LogP contribution in [0.1, 0.15) is 23.9 Å². The summed E-state index contributed by atoms with van der Waals surface area (Å²) in [6.45, 7) is 0.764. The van der Waals surface area contributed by atoms with Crippen molar-refractivity contribution in [3.63, 3.8) is 0 Å². The second-order valence-electron chi connectivity index (χ2n) is 4.41. The molecule has 1 unspecified atom stereocenters. The zero-order chi connectivity index (χ0) is 12.4. The summed E-state index contributed by atoms with van der Waals surface area (Å²) in [7, 11) is 1.93. The average Bonchev–Trinajstić information content (AvgIpc) is 2.82. The quantitative estimate of drug-likeness (QED) is 0.918. The summed E-state index contributed by atoms with van der Waals surface area (Å²) >= 11 is 1.95. The Balaban J connectivity index is 1.73. The Morgan fingerprint density at radius 3 is 3.17 bits per heavy atom. The maximum Gasteiger partial charge on any atom is 0.140 e. The predicted molar refractivity (Wildman–Crippen MR) is 72.4 cm³/mol. The Morgan fingerprint density at radius 2 is 2.33 bits per heavy atom. The van der Waals surface area contributed by atoms with E-state index in [0.717, 1.165) is 12.4 Å². The van der Waals surface area contributed by atoms with Crippen LogP contribution in [0.2, 0.25) is 0 Å². The largest absolute Gasteiger partial charge is 0.303 e. The van der Waals surface area contributed by atoms with Crippen LogP contribution in [0.3, 0.4) is 0 Å². The Hall–Kier alpha value is -1.33. The molecular formula is C13H16N4S. The van der Waals surface area contributed by atoms with Gasteiger partial charge >= 0.3 is 0 Å². The van der Waals surface area contributed by atoms with Gasteiger partial charge in [-0.25, -0.2) is 4.98 Å². The van der Waals surface area contributed by atoms with Gasteiger partial charge in [0.25, 0.3) is 0 Å². The molecule has 5 heteroatoms. The molecule has 1 N–H and O–H groups in total. The van der Waals surface area contributed by atoms with Crippen molar-refractivity contribution in [3.05, 3.63) is 42.0 Å². The molecular weight excluding hydrogens is 244 g/mol. The van der Waals surface area contributed by atoms with E-state index in [4.69, 9.17) is 0 Å². The molecule has 4 nitrogen and oxygen atoms in total. The molecule has 1 aliphatic rings. The molecule has 1 aromatic carbocycles. The van der Waals surface area contributed by atoms with Crippen molar-refractivity contribution in [2.75, 3.05) is 5.75 Å². The normalized spacial score (nSPS) is 18.6. The lowest BCUT2D eigenvalue weighted by molar-refractivity contribution is 0.490. The van der Waals surface area contributed by atoms with E-state index >= 15 is 0 Å². The minimum Gasteiger partial charge on any atom is -0.303 e. The third kappa shape index (κ3) is 2.28. The third-order valence-electron chi connectivity index (χ3n) is 3.27. The molecule has 18 heavy (non-hydrogen) atoms. The minimum atomic E-state index is 0.430.